The number of hydrogen-bond donors (Lipinski definition) is 1. The Balaban J connectivity index is 2.14. The lowest BCUT2D eigenvalue weighted by molar-refractivity contribution is 0.350. The van der Waals surface area contributed by atoms with Gasteiger partial charge in [-0.1, -0.05) is 24.0 Å². The average Bonchev–Trinajstić information content (AvgIpc) is 2.91. The van der Waals surface area contributed by atoms with Crippen LogP contribution in [-0.2, 0) is 6.54 Å². The van der Waals surface area contributed by atoms with Gasteiger partial charge in [0.25, 0.3) is 0 Å². The maximum absolute atomic E-state index is 13.8. The molecule has 1 heterocycles. The molecule has 0 aliphatic heterocycles. The minimum atomic E-state index is -0.203. The van der Waals surface area contributed by atoms with Gasteiger partial charge in [0.2, 0.25) is 0 Å². The number of hydrogen-bond acceptors (Lipinski definition) is 3. The summed E-state index contributed by atoms with van der Waals surface area (Å²) < 4.78 is 13.8. The Bertz CT molecular complexity index is 627. The molecule has 0 unspecified atom stereocenters. The van der Waals surface area contributed by atoms with E-state index in [1.807, 2.05) is 29.3 Å². The summed E-state index contributed by atoms with van der Waals surface area (Å²) in [7, 11) is 0. The van der Waals surface area contributed by atoms with Crippen molar-refractivity contribution in [2.24, 2.45) is 0 Å². The monoisotopic (exact) mass is 289 g/mol. The van der Waals surface area contributed by atoms with Crippen LogP contribution in [-0.4, -0.2) is 18.3 Å². The third-order valence-electron chi connectivity index (χ3n) is 2.89. The molecule has 2 nitrogen and oxygen atoms in total. The Labute approximate surface area is 122 Å². The second-order valence-electron chi connectivity index (χ2n) is 4.23. The smallest absolute Gasteiger partial charge is 0.146 e. The number of aliphatic hydroxyl groups excluding tert-OH is 1. The van der Waals surface area contributed by atoms with Gasteiger partial charge in [0.15, 0.2) is 0 Å². The molecule has 0 radical (unpaired) electrons. The Kier molecular flexibility index (Phi) is 5.16. The van der Waals surface area contributed by atoms with Crippen LogP contribution in [0.15, 0.2) is 35.7 Å². The van der Waals surface area contributed by atoms with Crippen molar-refractivity contribution in [2.45, 2.75) is 13.5 Å². The van der Waals surface area contributed by atoms with Gasteiger partial charge in [-0.2, -0.15) is 0 Å². The third-order valence-corrected chi connectivity index (χ3v) is 3.81. The highest BCUT2D eigenvalue weighted by Crippen LogP contribution is 2.23. The molecule has 0 saturated carbocycles. The molecule has 104 valence electrons. The van der Waals surface area contributed by atoms with Crippen molar-refractivity contribution >= 4 is 17.0 Å². The van der Waals surface area contributed by atoms with E-state index in [-0.39, 0.29) is 12.4 Å². The normalized spacial score (nSPS) is 9.95. The molecule has 2 aromatic rings. The summed E-state index contributed by atoms with van der Waals surface area (Å²) in [4.78, 5) is 3.11. The largest absolute Gasteiger partial charge is 0.384 e. The van der Waals surface area contributed by atoms with Crippen LogP contribution in [0.3, 0.4) is 0 Å². The zero-order chi connectivity index (χ0) is 14.4. The lowest BCUT2D eigenvalue weighted by atomic mass is 10.2. The van der Waals surface area contributed by atoms with Crippen molar-refractivity contribution in [3.63, 3.8) is 0 Å². The molecule has 0 spiro atoms. The van der Waals surface area contributed by atoms with E-state index < -0.39 is 0 Å². The summed E-state index contributed by atoms with van der Waals surface area (Å²) in [5, 5.41) is 10.6. The summed E-state index contributed by atoms with van der Waals surface area (Å²) in [6.45, 7) is 3.26. The third kappa shape index (κ3) is 3.60. The molecule has 0 saturated heterocycles. The van der Waals surface area contributed by atoms with Gasteiger partial charge in [-0.15, -0.1) is 11.3 Å². The summed E-state index contributed by atoms with van der Waals surface area (Å²) in [6, 6.07) is 8.79. The number of aliphatic hydroxyl groups is 1. The van der Waals surface area contributed by atoms with Crippen LogP contribution in [0.1, 0.15) is 17.4 Å². The number of thiophene rings is 1. The average molecular weight is 289 g/mol. The molecule has 0 bridgehead atoms. The van der Waals surface area contributed by atoms with Crippen LogP contribution in [0.4, 0.5) is 10.1 Å². The number of rotatable bonds is 4. The molecule has 0 amide bonds. The van der Waals surface area contributed by atoms with Crippen molar-refractivity contribution in [2.75, 3.05) is 18.1 Å². The lowest BCUT2D eigenvalue weighted by Crippen LogP contribution is -2.22. The molecular weight excluding hydrogens is 273 g/mol. The quantitative estimate of drug-likeness (QED) is 0.873. The van der Waals surface area contributed by atoms with Crippen molar-refractivity contribution in [3.8, 4) is 11.8 Å². The van der Waals surface area contributed by atoms with Crippen molar-refractivity contribution in [1.29, 1.82) is 0 Å². The Morgan fingerprint density at radius 1 is 1.35 bits per heavy atom. The van der Waals surface area contributed by atoms with Crippen LogP contribution in [0.25, 0.3) is 0 Å². The Morgan fingerprint density at radius 2 is 2.15 bits per heavy atom. The van der Waals surface area contributed by atoms with Crippen LogP contribution < -0.4 is 4.90 Å². The molecule has 4 heteroatoms. The molecule has 0 aliphatic carbocycles. The first-order valence-corrected chi connectivity index (χ1v) is 7.29. The maximum Gasteiger partial charge on any atom is 0.146 e. The van der Waals surface area contributed by atoms with Crippen molar-refractivity contribution in [1.82, 2.24) is 0 Å². The highest BCUT2D eigenvalue weighted by molar-refractivity contribution is 7.10. The van der Waals surface area contributed by atoms with Crippen LogP contribution in [0.5, 0.6) is 0 Å². The van der Waals surface area contributed by atoms with Crippen LogP contribution in [0.2, 0.25) is 0 Å². The fourth-order valence-electron chi connectivity index (χ4n) is 1.93. The lowest BCUT2D eigenvalue weighted by Gasteiger charge is -2.22. The molecule has 0 fully saturated rings. The van der Waals surface area contributed by atoms with Crippen LogP contribution in [0, 0.1) is 17.7 Å². The first kappa shape index (κ1) is 14.6. The van der Waals surface area contributed by atoms with Gasteiger partial charge in [0, 0.05) is 22.4 Å². The predicted octanol–water partition coefficient (Wildman–Crippen LogP) is 3.26. The standard InChI is InChI=1S/C16H16FNOS/c1-2-18(16-8-4-3-7-15(16)17)11-14-10-13(12-20-14)6-5-9-19/h3-4,7-8,10,12,19H,2,9,11H2,1H3. The highest BCUT2D eigenvalue weighted by atomic mass is 32.1. The minimum absolute atomic E-state index is 0.137. The molecule has 2 rings (SSSR count). The van der Waals surface area contributed by atoms with Gasteiger partial charge in [0.05, 0.1) is 12.2 Å². The van der Waals surface area contributed by atoms with Crippen molar-refractivity contribution < 1.29 is 9.50 Å². The van der Waals surface area contributed by atoms with Gasteiger partial charge in [-0.25, -0.2) is 4.39 Å². The maximum atomic E-state index is 13.8. The number of anilines is 1. The van der Waals surface area contributed by atoms with E-state index in [0.29, 0.717) is 12.2 Å². The Hall–Kier alpha value is -1.83. The number of benzene rings is 1. The van der Waals surface area contributed by atoms with Gasteiger partial charge >= 0.3 is 0 Å². The first-order chi connectivity index (χ1) is 9.74. The molecule has 0 atom stereocenters. The zero-order valence-electron chi connectivity index (χ0n) is 11.3. The molecule has 20 heavy (non-hydrogen) atoms. The van der Waals surface area contributed by atoms with E-state index in [1.165, 1.54) is 6.07 Å². The summed E-state index contributed by atoms with van der Waals surface area (Å²) >= 11 is 1.60. The van der Waals surface area contributed by atoms with Gasteiger partial charge in [0.1, 0.15) is 12.4 Å². The number of halogens is 1. The highest BCUT2D eigenvalue weighted by Gasteiger charge is 2.10. The second kappa shape index (κ2) is 7.09. The Morgan fingerprint density at radius 3 is 2.85 bits per heavy atom. The minimum Gasteiger partial charge on any atom is -0.384 e. The number of para-hydroxylation sites is 1. The van der Waals surface area contributed by atoms with E-state index in [0.717, 1.165) is 17.0 Å². The van der Waals surface area contributed by atoms with Gasteiger partial charge in [-0.05, 0) is 25.1 Å². The summed E-state index contributed by atoms with van der Waals surface area (Å²) in [5.74, 6) is 5.30. The fourth-order valence-corrected chi connectivity index (χ4v) is 2.77. The van der Waals surface area contributed by atoms with E-state index in [1.54, 1.807) is 23.5 Å². The van der Waals surface area contributed by atoms with E-state index >= 15 is 0 Å². The topological polar surface area (TPSA) is 23.5 Å². The first-order valence-electron chi connectivity index (χ1n) is 6.41. The second-order valence-corrected chi connectivity index (χ2v) is 5.22. The van der Waals surface area contributed by atoms with Gasteiger partial charge < -0.3 is 10.0 Å². The van der Waals surface area contributed by atoms with E-state index in [2.05, 4.69) is 11.8 Å². The molecule has 0 aliphatic rings. The van der Waals surface area contributed by atoms with Crippen molar-refractivity contribution in [3.05, 3.63) is 52.0 Å². The van der Waals surface area contributed by atoms with E-state index in [4.69, 9.17) is 5.11 Å². The zero-order valence-corrected chi connectivity index (χ0v) is 12.1. The fraction of sp³-hybridized carbons (Fsp3) is 0.250. The molecule has 1 aromatic heterocycles. The van der Waals surface area contributed by atoms with Gasteiger partial charge in [-0.3, -0.25) is 0 Å². The summed E-state index contributed by atoms with van der Waals surface area (Å²) in [6.07, 6.45) is 0. The van der Waals surface area contributed by atoms with E-state index in [9.17, 15) is 4.39 Å². The summed E-state index contributed by atoms with van der Waals surface area (Å²) in [5.41, 5.74) is 1.51. The predicted molar refractivity (Wildman–Crippen MR) is 81.4 cm³/mol. The number of nitrogens with zero attached hydrogens (tertiary/aromatic N) is 1. The van der Waals surface area contributed by atoms with Crippen LogP contribution >= 0.6 is 11.3 Å². The molecule has 1 aromatic carbocycles. The molecular formula is C16H16FNOS. The SMILES string of the molecule is CCN(Cc1cc(C#CCO)cs1)c1ccccc1F. The molecule has 1 N–H and O–H groups in total.